The van der Waals surface area contributed by atoms with Crippen molar-refractivity contribution in [3.63, 3.8) is 0 Å². The van der Waals surface area contributed by atoms with Crippen LogP contribution in [0.25, 0.3) is 0 Å². The predicted octanol–water partition coefficient (Wildman–Crippen LogP) is 2.03. The predicted molar refractivity (Wildman–Crippen MR) is 103 cm³/mol. The molecule has 7 heteroatoms. The van der Waals surface area contributed by atoms with Gasteiger partial charge in [0.15, 0.2) is 0 Å². The Balaban J connectivity index is 1.80. The van der Waals surface area contributed by atoms with Crippen molar-refractivity contribution >= 4 is 18.0 Å². The van der Waals surface area contributed by atoms with Crippen molar-refractivity contribution in [2.24, 2.45) is 5.10 Å². The molecule has 2 aromatic rings. The van der Waals surface area contributed by atoms with Crippen LogP contribution in [0.1, 0.15) is 11.1 Å². The quantitative estimate of drug-likeness (QED) is 0.323. The van der Waals surface area contributed by atoms with Crippen LogP contribution in [-0.2, 0) is 16.1 Å². The first-order chi connectivity index (χ1) is 13.1. The summed E-state index contributed by atoms with van der Waals surface area (Å²) in [6.07, 6.45) is 3.07. The van der Waals surface area contributed by atoms with Crippen LogP contribution in [0.5, 0.6) is 11.5 Å². The molecule has 2 rings (SSSR count). The highest BCUT2D eigenvalue weighted by Crippen LogP contribution is 2.12. The van der Waals surface area contributed by atoms with Gasteiger partial charge in [-0.15, -0.1) is 0 Å². The van der Waals surface area contributed by atoms with Crippen molar-refractivity contribution in [3.05, 3.63) is 72.3 Å². The van der Waals surface area contributed by atoms with Crippen LogP contribution in [0.3, 0.4) is 0 Å². The molecule has 0 aliphatic heterocycles. The second-order valence-corrected chi connectivity index (χ2v) is 5.40. The van der Waals surface area contributed by atoms with Gasteiger partial charge in [-0.1, -0.05) is 36.9 Å². The third-order valence-electron chi connectivity index (χ3n) is 3.42. The number of carbonyl (C=O) groups excluding carboxylic acids is 2. The minimum Gasteiger partial charge on any atom is -0.497 e. The van der Waals surface area contributed by atoms with Crippen molar-refractivity contribution < 1.29 is 19.1 Å². The number of nitrogens with one attached hydrogen (secondary N) is 2. The average molecular weight is 367 g/mol. The topological polar surface area (TPSA) is 89.0 Å². The Hall–Kier alpha value is -3.61. The van der Waals surface area contributed by atoms with Crippen molar-refractivity contribution in [3.8, 4) is 11.5 Å². The van der Waals surface area contributed by atoms with Crippen molar-refractivity contribution in [1.29, 1.82) is 0 Å². The fourth-order valence-electron chi connectivity index (χ4n) is 2.06. The second-order valence-electron chi connectivity index (χ2n) is 5.40. The summed E-state index contributed by atoms with van der Waals surface area (Å²) < 4.78 is 10.5. The maximum atomic E-state index is 11.8. The van der Waals surface area contributed by atoms with Crippen molar-refractivity contribution in [2.75, 3.05) is 13.7 Å². The number of benzene rings is 2. The van der Waals surface area contributed by atoms with Crippen LogP contribution in [0.15, 0.2) is 66.3 Å². The Kier molecular flexibility index (Phi) is 7.59. The molecule has 7 nitrogen and oxygen atoms in total. The molecule has 0 atom stereocenters. The number of nitrogens with zero attached hydrogens (tertiary/aromatic N) is 1. The van der Waals surface area contributed by atoms with Crippen LogP contribution in [0.2, 0.25) is 0 Å². The Morgan fingerprint density at radius 2 is 1.89 bits per heavy atom. The Bertz CT molecular complexity index is 816. The first kappa shape index (κ1) is 19.7. The van der Waals surface area contributed by atoms with Crippen LogP contribution in [0.4, 0.5) is 0 Å². The van der Waals surface area contributed by atoms with E-state index < -0.39 is 11.8 Å². The monoisotopic (exact) mass is 367 g/mol. The molecular weight excluding hydrogens is 346 g/mol. The first-order valence-corrected chi connectivity index (χ1v) is 8.20. The van der Waals surface area contributed by atoms with E-state index in [2.05, 4.69) is 22.4 Å². The third kappa shape index (κ3) is 6.66. The lowest BCUT2D eigenvalue weighted by molar-refractivity contribution is -0.139. The molecule has 0 spiro atoms. The zero-order valence-electron chi connectivity index (χ0n) is 15.0. The summed E-state index contributed by atoms with van der Waals surface area (Å²) in [6, 6.07) is 14.3. The summed E-state index contributed by atoms with van der Waals surface area (Å²) in [5, 5.41) is 6.31. The molecule has 0 heterocycles. The standard InChI is InChI=1S/C20H21N3O4/c1-3-11-27-18-6-4-5-16(12-18)14-22-23-20(25)19(24)21-13-15-7-9-17(26-2)10-8-15/h3-10,12,14H,1,11,13H2,2H3,(H,21,24)(H,23,25)/b22-14-. The molecule has 2 amide bonds. The zero-order chi connectivity index (χ0) is 19.5. The van der Waals surface area contributed by atoms with Crippen LogP contribution in [0, 0.1) is 0 Å². The molecule has 2 aromatic carbocycles. The molecule has 140 valence electrons. The molecule has 0 aliphatic carbocycles. The van der Waals surface area contributed by atoms with Crippen LogP contribution < -0.4 is 20.2 Å². The Morgan fingerprint density at radius 1 is 1.11 bits per heavy atom. The molecule has 0 radical (unpaired) electrons. The molecule has 0 fully saturated rings. The van der Waals surface area contributed by atoms with E-state index in [1.54, 1.807) is 61.7 Å². The van der Waals surface area contributed by atoms with Gasteiger partial charge in [-0.2, -0.15) is 5.10 Å². The van der Waals surface area contributed by atoms with Gasteiger partial charge in [0.25, 0.3) is 0 Å². The molecule has 2 N–H and O–H groups in total. The van der Waals surface area contributed by atoms with E-state index in [0.717, 1.165) is 16.9 Å². The summed E-state index contributed by atoms with van der Waals surface area (Å²) in [4.78, 5) is 23.6. The van der Waals surface area contributed by atoms with Crippen LogP contribution in [-0.4, -0.2) is 31.7 Å². The molecule has 0 saturated heterocycles. The number of hydrogen-bond acceptors (Lipinski definition) is 5. The van der Waals surface area contributed by atoms with Gasteiger partial charge in [0.05, 0.1) is 13.3 Å². The minimum absolute atomic E-state index is 0.225. The van der Waals surface area contributed by atoms with E-state index in [0.29, 0.717) is 12.4 Å². The lowest BCUT2D eigenvalue weighted by Gasteiger charge is -2.05. The van der Waals surface area contributed by atoms with E-state index in [-0.39, 0.29) is 6.54 Å². The van der Waals surface area contributed by atoms with Gasteiger partial charge < -0.3 is 14.8 Å². The summed E-state index contributed by atoms with van der Waals surface area (Å²) in [7, 11) is 1.58. The summed E-state index contributed by atoms with van der Waals surface area (Å²) in [6.45, 7) is 4.20. The lowest BCUT2D eigenvalue weighted by Crippen LogP contribution is -2.37. The summed E-state index contributed by atoms with van der Waals surface area (Å²) >= 11 is 0. The SMILES string of the molecule is C=CCOc1cccc(/C=N\NC(=O)C(=O)NCc2ccc(OC)cc2)c1. The van der Waals surface area contributed by atoms with E-state index in [9.17, 15) is 9.59 Å². The maximum Gasteiger partial charge on any atom is 0.329 e. The summed E-state index contributed by atoms with van der Waals surface area (Å²) in [5.74, 6) is -0.247. The maximum absolute atomic E-state index is 11.8. The average Bonchev–Trinajstić information content (AvgIpc) is 2.71. The molecule has 0 saturated carbocycles. The number of carbonyl (C=O) groups is 2. The zero-order valence-corrected chi connectivity index (χ0v) is 15.0. The lowest BCUT2D eigenvalue weighted by atomic mass is 10.2. The highest BCUT2D eigenvalue weighted by molar-refractivity contribution is 6.35. The third-order valence-corrected chi connectivity index (χ3v) is 3.42. The summed E-state index contributed by atoms with van der Waals surface area (Å²) in [5.41, 5.74) is 3.75. The number of amides is 2. The second kappa shape index (κ2) is 10.4. The number of hydrazone groups is 1. The fourth-order valence-corrected chi connectivity index (χ4v) is 2.06. The largest absolute Gasteiger partial charge is 0.497 e. The fraction of sp³-hybridized carbons (Fsp3) is 0.150. The first-order valence-electron chi connectivity index (χ1n) is 8.20. The smallest absolute Gasteiger partial charge is 0.329 e. The highest BCUT2D eigenvalue weighted by atomic mass is 16.5. The number of ether oxygens (including phenoxy) is 2. The van der Waals surface area contributed by atoms with Gasteiger partial charge in [-0.05, 0) is 35.4 Å². The molecule has 27 heavy (non-hydrogen) atoms. The van der Waals surface area contributed by atoms with Gasteiger partial charge in [-0.3, -0.25) is 9.59 Å². The van der Waals surface area contributed by atoms with Gasteiger partial charge in [0.2, 0.25) is 0 Å². The molecule has 0 bridgehead atoms. The van der Waals surface area contributed by atoms with Gasteiger partial charge in [0, 0.05) is 6.54 Å². The van der Waals surface area contributed by atoms with Gasteiger partial charge >= 0.3 is 11.8 Å². The molecule has 0 aromatic heterocycles. The van der Waals surface area contributed by atoms with E-state index >= 15 is 0 Å². The van der Waals surface area contributed by atoms with Gasteiger partial charge in [0.1, 0.15) is 18.1 Å². The Labute approximate surface area is 157 Å². The van der Waals surface area contributed by atoms with Gasteiger partial charge in [-0.25, -0.2) is 5.43 Å². The molecule has 0 unspecified atom stereocenters. The number of hydrogen-bond donors (Lipinski definition) is 2. The van der Waals surface area contributed by atoms with E-state index in [4.69, 9.17) is 9.47 Å². The molecular formula is C20H21N3O4. The van der Waals surface area contributed by atoms with E-state index in [1.165, 1.54) is 6.21 Å². The number of rotatable bonds is 8. The van der Waals surface area contributed by atoms with Crippen molar-refractivity contribution in [2.45, 2.75) is 6.54 Å². The number of methoxy groups -OCH3 is 1. The highest BCUT2D eigenvalue weighted by Gasteiger charge is 2.11. The van der Waals surface area contributed by atoms with Crippen molar-refractivity contribution in [1.82, 2.24) is 10.7 Å². The van der Waals surface area contributed by atoms with E-state index in [1.807, 2.05) is 0 Å². The normalized spacial score (nSPS) is 10.3. The van der Waals surface area contributed by atoms with Crippen LogP contribution >= 0.6 is 0 Å². The molecule has 0 aliphatic rings. The minimum atomic E-state index is -0.848. The Morgan fingerprint density at radius 3 is 2.59 bits per heavy atom.